The Bertz CT molecular complexity index is 703. The molecule has 5 heteroatoms. The summed E-state index contributed by atoms with van der Waals surface area (Å²) in [5.74, 6) is 0.616. The quantitative estimate of drug-likeness (QED) is 0.887. The predicted molar refractivity (Wildman–Crippen MR) is 93.8 cm³/mol. The largest absolute Gasteiger partial charge is 0.507 e. The zero-order valence-electron chi connectivity index (χ0n) is 13.7. The monoisotopic (exact) mass is 326 g/mol. The van der Waals surface area contributed by atoms with Crippen molar-refractivity contribution in [1.29, 1.82) is 0 Å². The summed E-state index contributed by atoms with van der Waals surface area (Å²) < 4.78 is 5.03. The summed E-state index contributed by atoms with van der Waals surface area (Å²) in [6.07, 6.45) is 1.05. The van der Waals surface area contributed by atoms with Crippen molar-refractivity contribution >= 4 is 11.6 Å². The van der Waals surface area contributed by atoms with E-state index < -0.39 is 0 Å². The van der Waals surface area contributed by atoms with Crippen molar-refractivity contribution in [3.05, 3.63) is 54.1 Å². The van der Waals surface area contributed by atoms with Gasteiger partial charge in [0.2, 0.25) is 0 Å². The molecule has 0 bridgehead atoms. The Hall–Kier alpha value is -2.69. The van der Waals surface area contributed by atoms with E-state index in [1.165, 1.54) is 18.9 Å². The fourth-order valence-corrected chi connectivity index (χ4v) is 3.04. The van der Waals surface area contributed by atoms with Crippen LogP contribution in [-0.2, 0) is 0 Å². The molecule has 2 aromatic rings. The molecule has 0 saturated carbocycles. The number of hydrogen-bond acceptors (Lipinski definition) is 4. The van der Waals surface area contributed by atoms with Gasteiger partial charge in [0, 0.05) is 31.4 Å². The number of nitrogens with zero attached hydrogens (tertiary/aromatic N) is 1. The van der Waals surface area contributed by atoms with Gasteiger partial charge in [-0.05, 0) is 36.6 Å². The van der Waals surface area contributed by atoms with Gasteiger partial charge in [0.15, 0.2) is 0 Å². The second-order valence-electron chi connectivity index (χ2n) is 6.03. The van der Waals surface area contributed by atoms with Crippen molar-refractivity contribution in [1.82, 2.24) is 5.32 Å². The van der Waals surface area contributed by atoms with Crippen LogP contribution in [-0.4, -0.2) is 37.8 Å². The lowest BCUT2D eigenvalue weighted by molar-refractivity contribution is 0.0945. The van der Waals surface area contributed by atoms with Gasteiger partial charge in [-0.25, -0.2) is 0 Å². The molecule has 1 fully saturated rings. The number of anilines is 1. The van der Waals surface area contributed by atoms with Crippen LogP contribution in [0.4, 0.5) is 5.69 Å². The summed E-state index contributed by atoms with van der Waals surface area (Å²) in [6, 6.07) is 15.0. The van der Waals surface area contributed by atoms with Gasteiger partial charge in [0.25, 0.3) is 5.91 Å². The Kier molecular flexibility index (Phi) is 4.89. The molecular formula is C19H22N2O3. The number of phenols is 1. The van der Waals surface area contributed by atoms with Gasteiger partial charge < -0.3 is 20.1 Å². The number of rotatable bonds is 5. The van der Waals surface area contributed by atoms with Crippen LogP contribution in [0.15, 0.2) is 48.5 Å². The third-order valence-corrected chi connectivity index (χ3v) is 4.41. The number of para-hydroxylation sites is 1. The molecule has 24 heavy (non-hydrogen) atoms. The Morgan fingerprint density at radius 2 is 2.08 bits per heavy atom. The highest BCUT2D eigenvalue weighted by Gasteiger charge is 2.23. The number of amides is 1. The van der Waals surface area contributed by atoms with Crippen LogP contribution >= 0.6 is 0 Å². The SMILES string of the molecule is COc1ccc(C(=O)NCC2CCN(c3ccccc3)C2)c(O)c1. The second-order valence-corrected chi connectivity index (χ2v) is 6.03. The molecule has 1 amide bonds. The van der Waals surface area contributed by atoms with Crippen molar-refractivity contribution < 1.29 is 14.6 Å². The van der Waals surface area contributed by atoms with Crippen molar-refractivity contribution in [3.8, 4) is 11.5 Å². The average molecular weight is 326 g/mol. The van der Waals surface area contributed by atoms with Crippen LogP contribution in [0.5, 0.6) is 11.5 Å². The van der Waals surface area contributed by atoms with E-state index in [0.29, 0.717) is 18.2 Å². The molecular weight excluding hydrogens is 304 g/mol. The summed E-state index contributed by atoms with van der Waals surface area (Å²) in [4.78, 5) is 14.6. The number of ether oxygens (including phenoxy) is 1. The standard InChI is InChI=1S/C19H22N2O3/c1-24-16-7-8-17(18(22)11-16)19(23)20-12-14-9-10-21(13-14)15-5-3-2-4-6-15/h2-8,11,14,22H,9-10,12-13H2,1H3,(H,20,23). The van der Waals surface area contributed by atoms with Gasteiger partial charge in [-0.3, -0.25) is 4.79 Å². The maximum Gasteiger partial charge on any atom is 0.255 e. The Labute approximate surface area is 141 Å². The first-order chi connectivity index (χ1) is 11.7. The number of methoxy groups -OCH3 is 1. The zero-order chi connectivity index (χ0) is 16.9. The van der Waals surface area contributed by atoms with E-state index in [1.807, 2.05) is 18.2 Å². The van der Waals surface area contributed by atoms with Gasteiger partial charge >= 0.3 is 0 Å². The number of carbonyl (C=O) groups excluding carboxylic acids is 1. The van der Waals surface area contributed by atoms with E-state index in [0.717, 1.165) is 19.5 Å². The summed E-state index contributed by atoms with van der Waals surface area (Å²) in [5.41, 5.74) is 1.49. The third-order valence-electron chi connectivity index (χ3n) is 4.41. The van der Waals surface area contributed by atoms with Gasteiger partial charge in [-0.15, -0.1) is 0 Å². The molecule has 1 atom stereocenters. The van der Waals surface area contributed by atoms with Crippen LogP contribution in [0.2, 0.25) is 0 Å². The zero-order valence-corrected chi connectivity index (χ0v) is 13.7. The summed E-state index contributed by atoms with van der Waals surface area (Å²) >= 11 is 0. The number of hydrogen-bond donors (Lipinski definition) is 2. The van der Waals surface area contributed by atoms with Crippen LogP contribution < -0.4 is 15.0 Å². The molecule has 126 valence electrons. The second kappa shape index (κ2) is 7.25. The lowest BCUT2D eigenvalue weighted by atomic mass is 10.1. The number of phenolic OH excluding ortho intramolecular Hbond substituents is 1. The summed E-state index contributed by atoms with van der Waals surface area (Å²) in [5, 5.41) is 12.9. The van der Waals surface area contributed by atoms with Crippen molar-refractivity contribution in [2.75, 3.05) is 31.6 Å². The maximum absolute atomic E-state index is 12.2. The van der Waals surface area contributed by atoms with Gasteiger partial charge in [0.05, 0.1) is 12.7 Å². The van der Waals surface area contributed by atoms with Gasteiger partial charge in [-0.1, -0.05) is 18.2 Å². The highest BCUT2D eigenvalue weighted by molar-refractivity contribution is 5.97. The molecule has 2 aromatic carbocycles. The molecule has 1 heterocycles. The number of nitrogens with one attached hydrogen (secondary N) is 1. The first kappa shape index (κ1) is 16.2. The molecule has 1 unspecified atom stereocenters. The molecule has 1 aliphatic heterocycles. The topological polar surface area (TPSA) is 61.8 Å². The van der Waals surface area contributed by atoms with Crippen molar-refractivity contribution in [3.63, 3.8) is 0 Å². The lowest BCUT2D eigenvalue weighted by Crippen LogP contribution is -2.31. The van der Waals surface area contributed by atoms with Crippen LogP contribution in [0, 0.1) is 5.92 Å². The molecule has 0 aromatic heterocycles. The minimum absolute atomic E-state index is 0.0656. The lowest BCUT2D eigenvalue weighted by Gasteiger charge is -2.18. The highest BCUT2D eigenvalue weighted by atomic mass is 16.5. The Morgan fingerprint density at radius 3 is 2.79 bits per heavy atom. The molecule has 0 aliphatic carbocycles. The smallest absolute Gasteiger partial charge is 0.255 e. The van der Waals surface area contributed by atoms with E-state index in [9.17, 15) is 9.90 Å². The van der Waals surface area contributed by atoms with Gasteiger partial charge in [-0.2, -0.15) is 0 Å². The minimum Gasteiger partial charge on any atom is -0.507 e. The van der Waals surface area contributed by atoms with Gasteiger partial charge in [0.1, 0.15) is 11.5 Å². The van der Waals surface area contributed by atoms with Crippen LogP contribution in [0.3, 0.4) is 0 Å². The summed E-state index contributed by atoms with van der Waals surface area (Å²) in [6.45, 7) is 2.53. The van der Waals surface area contributed by atoms with E-state index in [4.69, 9.17) is 4.74 Å². The van der Waals surface area contributed by atoms with E-state index in [2.05, 4.69) is 22.3 Å². The van der Waals surface area contributed by atoms with E-state index in [1.54, 1.807) is 12.1 Å². The fraction of sp³-hybridized carbons (Fsp3) is 0.316. The minimum atomic E-state index is -0.256. The molecule has 0 spiro atoms. The van der Waals surface area contributed by atoms with Crippen molar-refractivity contribution in [2.45, 2.75) is 6.42 Å². The van der Waals surface area contributed by atoms with E-state index in [-0.39, 0.29) is 17.2 Å². The molecule has 0 radical (unpaired) electrons. The number of benzene rings is 2. The van der Waals surface area contributed by atoms with E-state index >= 15 is 0 Å². The first-order valence-electron chi connectivity index (χ1n) is 8.12. The Balaban J connectivity index is 1.54. The summed E-state index contributed by atoms with van der Waals surface area (Å²) in [7, 11) is 1.52. The molecule has 5 nitrogen and oxygen atoms in total. The number of carbonyl (C=O) groups is 1. The fourth-order valence-electron chi connectivity index (χ4n) is 3.04. The highest BCUT2D eigenvalue weighted by Crippen LogP contribution is 2.25. The predicted octanol–water partition coefficient (Wildman–Crippen LogP) is 2.66. The normalized spacial score (nSPS) is 16.9. The van der Waals surface area contributed by atoms with Crippen molar-refractivity contribution in [2.24, 2.45) is 5.92 Å². The first-order valence-corrected chi connectivity index (χ1v) is 8.12. The van der Waals surface area contributed by atoms with Crippen LogP contribution in [0.1, 0.15) is 16.8 Å². The number of aromatic hydroxyl groups is 1. The molecule has 1 saturated heterocycles. The van der Waals surface area contributed by atoms with Crippen LogP contribution in [0.25, 0.3) is 0 Å². The average Bonchev–Trinajstić information content (AvgIpc) is 3.09. The molecule has 3 rings (SSSR count). The maximum atomic E-state index is 12.2. The molecule has 2 N–H and O–H groups in total. The molecule has 1 aliphatic rings. The Morgan fingerprint density at radius 1 is 1.29 bits per heavy atom. The third kappa shape index (κ3) is 3.62.